The van der Waals surface area contributed by atoms with E-state index in [-0.39, 0.29) is 24.8 Å². The Morgan fingerprint density at radius 1 is 1.09 bits per heavy atom. The largest absolute Gasteiger partial charge is 0.497 e. The van der Waals surface area contributed by atoms with Gasteiger partial charge in [-0.15, -0.1) is 24.8 Å². The van der Waals surface area contributed by atoms with Gasteiger partial charge in [0.15, 0.2) is 0 Å². The lowest BCUT2D eigenvalue weighted by molar-refractivity contribution is 0.151. The molecule has 1 aliphatic rings. The molecule has 1 N–H and O–H groups in total. The number of benzene rings is 1. The van der Waals surface area contributed by atoms with E-state index >= 15 is 0 Å². The number of hydrogen-bond acceptors (Lipinski definition) is 4. The molecule has 0 spiro atoms. The Morgan fingerprint density at radius 3 is 2.26 bits per heavy atom. The summed E-state index contributed by atoms with van der Waals surface area (Å²) in [5.74, 6) is 2.43. The molecule has 134 valence electrons. The maximum absolute atomic E-state index is 5.62. The molecule has 0 unspecified atom stereocenters. The molecule has 1 fully saturated rings. The van der Waals surface area contributed by atoms with Crippen LogP contribution in [0.5, 0.6) is 11.5 Å². The standard InChI is InChI=1S/C17H28N2O2.2ClH/c1-13(2)11-16(19-9-7-18-8-10-19)15-6-5-14(20-3)12-17(15)21-4;;/h5-6,12-13,16,18H,7-11H2,1-4H3;2*1H/t16-;;/m1../s1. The molecule has 1 aromatic rings. The highest BCUT2D eigenvalue weighted by Gasteiger charge is 2.25. The number of hydrogen-bond donors (Lipinski definition) is 1. The number of halogens is 2. The Kier molecular flexibility index (Phi) is 10.7. The normalized spacial score (nSPS) is 16.2. The molecule has 0 amide bonds. The summed E-state index contributed by atoms with van der Waals surface area (Å²) < 4.78 is 10.9. The molecule has 0 aliphatic carbocycles. The first kappa shape index (κ1) is 22.3. The molecule has 0 bridgehead atoms. The molecule has 1 aromatic carbocycles. The Bertz CT molecular complexity index is 452. The van der Waals surface area contributed by atoms with Crippen LogP contribution in [0, 0.1) is 5.92 Å². The van der Waals surface area contributed by atoms with E-state index in [1.807, 2.05) is 12.1 Å². The monoisotopic (exact) mass is 364 g/mol. The van der Waals surface area contributed by atoms with Crippen molar-refractivity contribution in [2.75, 3.05) is 40.4 Å². The SMILES string of the molecule is COc1ccc([C@@H](CC(C)C)N2CCNCC2)c(OC)c1.Cl.Cl. The van der Waals surface area contributed by atoms with Crippen molar-refractivity contribution in [3.05, 3.63) is 23.8 Å². The molecule has 1 aliphatic heterocycles. The van der Waals surface area contributed by atoms with Crippen LogP contribution in [0.3, 0.4) is 0 Å². The maximum atomic E-state index is 5.62. The van der Waals surface area contributed by atoms with Crippen LogP contribution in [0.1, 0.15) is 31.9 Å². The fourth-order valence-corrected chi connectivity index (χ4v) is 3.01. The second-order valence-electron chi connectivity index (χ2n) is 6.04. The first-order valence-corrected chi connectivity index (χ1v) is 7.82. The van der Waals surface area contributed by atoms with E-state index in [0.717, 1.165) is 44.1 Å². The van der Waals surface area contributed by atoms with Gasteiger partial charge in [0, 0.05) is 43.9 Å². The molecule has 0 radical (unpaired) electrons. The van der Waals surface area contributed by atoms with Crippen molar-refractivity contribution < 1.29 is 9.47 Å². The molecule has 0 aromatic heterocycles. The van der Waals surface area contributed by atoms with Gasteiger partial charge in [-0.3, -0.25) is 4.90 Å². The lowest BCUT2D eigenvalue weighted by atomic mass is 9.94. The van der Waals surface area contributed by atoms with Crippen LogP contribution in [-0.4, -0.2) is 45.3 Å². The second kappa shape index (κ2) is 11.0. The summed E-state index contributed by atoms with van der Waals surface area (Å²) >= 11 is 0. The second-order valence-corrected chi connectivity index (χ2v) is 6.04. The van der Waals surface area contributed by atoms with Crippen LogP contribution in [0.15, 0.2) is 18.2 Å². The van der Waals surface area contributed by atoms with Gasteiger partial charge in [0.25, 0.3) is 0 Å². The molecule has 1 atom stereocenters. The molecular formula is C17H30Cl2N2O2. The van der Waals surface area contributed by atoms with E-state index in [0.29, 0.717) is 12.0 Å². The molecular weight excluding hydrogens is 335 g/mol. The Hall–Kier alpha value is -0.680. The van der Waals surface area contributed by atoms with Crippen molar-refractivity contribution >= 4 is 24.8 Å². The maximum Gasteiger partial charge on any atom is 0.127 e. The molecule has 23 heavy (non-hydrogen) atoms. The van der Waals surface area contributed by atoms with Crippen LogP contribution in [0.2, 0.25) is 0 Å². The average molecular weight is 365 g/mol. The lowest BCUT2D eigenvalue weighted by Crippen LogP contribution is -2.45. The van der Waals surface area contributed by atoms with Crippen molar-refractivity contribution in [3.8, 4) is 11.5 Å². The first-order chi connectivity index (χ1) is 10.2. The van der Waals surface area contributed by atoms with Crippen molar-refractivity contribution in [1.82, 2.24) is 10.2 Å². The fourth-order valence-electron chi connectivity index (χ4n) is 3.01. The average Bonchev–Trinajstić information content (AvgIpc) is 2.52. The van der Waals surface area contributed by atoms with Gasteiger partial charge >= 0.3 is 0 Å². The van der Waals surface area contributed by atoms with Gasteiger partial charge in [0.1, 0.15) is 11.5 Å². The Morgan fingerprint density at radius 2 is 1.74 bits per heavy atom. The molecule has 6 heteroatoms. The fraction of sp³-hybridized carbons (Fsp3) is 0.647. The smallest absolute Gasteiger partial charge is 0.127 e. The van der Waals surface area contributed by atoms with Crippen LogP contribution in [0.4, 0.5) is 0 Å². The van der Waals surface area contributed by atoms with Gasteiger partial charge in [-0.2, -0.15) is 0 Å². The lowest BCUT2D eigenvalue weighted by Gasteiger charge is -2.36. The highest BCUT2D eigenvalue weighted by Crippen LogP contribution is 2.36. The van der Waals surface area contributed by atoms with Crippen LogP contribution >= 0.6 is 24.8 Å². The number of nitrogens with one attached hydrogen (secondary N) is 1. The van der Waals surface area contributed by atoms with Gasteiger partial charge in [-0.25, -0.2) is 0 Å². The summed E-state index contributed by atoms with van der Waals surface area (Å²) in [6, 6.07) is 6.60. The zero-order chi connectivity index (χ0) is 15.2. The van der Waals surface area contributed by atoms with E-state index < -0.39 is 0 Å². The van der Waals surface area contributed by atoms with Crippen LogP contribution < -0.4 is 14.8 Å². The van der Waals surface area contributed by atoms with E-state index in [4.69, 9.17) is 9.47 Å². The van der Waals surface area contributed by atoms with E-state index in [9.17, 15) is 0 Å². The third-order valence-electron chi connectivity index (χ3n) is 4.09. The highest BCUT2D eigenvalue weighted by molar-refractivity contribution is 5.85. The third kappa shape index (κ3) is 6.03. The van der Waals surface area contributed by atoms with Crippen molar-refractivity contribution in [2.45, 2.75) is 26.3 Å². The van der Waals surface area contributed by atoms with Crippen molar-refractivity contribution in [1.29, 1.82) is 0 Å². The minimum atomic E-state index is 0. The zero-order valence-electron chi connectivity index (χ0n) is 14.5. The number of ether oxygens (including phenoxy) is 2. The Balaban J connectivity index is 0.00000242. The molecule has 2 rings (SSSR count). The number of rotatable bonds is 6. The van der Waals surface area contributed by atoms with E-state index in [1.165, 1.54) is 5.56 Å². The highest BCUT2D eigenvalue weighted by atomic mass is 35.5. The number of piperazine rings is 1. The summed E-state index contributed by atoms with van der Waals surface area (Å²) in [5, 5.41) is 3.43. The summed E-state index contributed by atoms with van der Waals surface area (Å²) in [5.41, 5.74) is 1.27. The quantitative estimate of drug-likeness (QED) is 0.836. The number of nitrogens with zero attached hydrogens (tertiary/aromatic N) is 1. The number of methoxy groups -OCH3 is 2. The van der Waals surface area contributed by atoms with Gasteiger partial charge in [0.05, 0.1) is 14.2 Å². The molecule has 4 nitrogen and oxygen atoms in total. The van der Waals surface area contributed by atoms with Crippen LogP contribution in [0.25, 0.3) is 0 Å². The minimum absolute atomic E-state index is 0. The zero-order valence-corrected chi connectivity index (χ0v) is 16.1. The van der Waals surface area contributed by atoms with Crippen LogP contribution in [-0.2, 0) is 0 Å². The predicted molar refractivity (Wildman–Crippen MR) is 101 cm³/mol. The van der Waals surface area contributed by atoms with Gasteiger partial charge in [0.2, 0.25) is 0 Å². The Labute approximate surface area is 152 Å². The summed E-state index contributed by atoms with van der Waals surface area (Å²) in [6.07, 6.45) is 1.14. The molecule has 1 saturated heterocycles. The third-order valence-corrected chi connectivity index (χ3v) is 4.09. The van der Waals surface area contributed by atoms with Crippen molar-refractivity contribution in [2.24, 2.45) is 5.92 Å². The predicted octanol–water partition coefficient (Wildman–Crippen LogP) is 3.54. The summed E-state index contributed by atoms with van der Waals surface area (Å²) in [7, 11) is 3.43. The topological polar surface area (TPSA) is 33.7 Å². The van der Waals surface area contributed by atoms with Gasteiger partial charge in [-0.1, -0.05) is 19.9 Å². The first-order valence-electron chi connectivity index (χ1n) is 7.82. The summed E-state index contributed by atoms with van der Waals surface area (Å²) in [6.45, 7) is 8.87. The molecule has 0 saturated carbocycles. The van der Waals surface area contributed by atoms with Gasteiger partial charge < -0.3 is 14.8 Å². The van der Waals surface area contributed by atoms with E-state index in [2.05, 4.69) is 30.1 Å². The molecule has 1 heterocycles. The minimum Gasteiger partial charge on any atom is -0.497 e. The van der Waals surface area contributed by atoms with Gasteiger partial charge in [-0.05, 0) is 18.4 Å². The van der Waals surface area contributed by atoms with E-state index in [1.54, 1.807) is 14.2 Å². The van der Waals surface area contributed by atoms with Crippen molar-refractivity contribution in [3.63, 3.8) is 0 Å². The summed E-state index contributed by atoms with van der Waals surface area (Å²) in [4.78, 5) is 2.57.